The highest BCUT2D eigenvalue weighted by molar-refractivity contribution is 6.30. The first kappa shape index (κ1) is 11.8. The maximum absolute atomic E-state index is 13.7. The molecule has 0 amide bonds. The molecule has 0 aliphatic heterocycles. The smallest absolute Gasteiger partial charge is 0.128 e. The molecule has 0 bridgehead atoms. The summed E-state index contributed by atoms with van der Waals surface area (Å²) in [7, 11) is 1.84. The van der Waals surface area contributed by atoms with Crippen molar-refractivity contribution in [1.29, 1.82) is 0 Å². The molecule has 0 heterocycles. The molecule has 16 heavy (non-hydrogen) atoms. The van der Waals surface area contributed by atoms with Crippen molar-refractivity contribution >= 4 is 11.6 Å². The van der Waals surface area contributed by atoms with E-state index < -0.39 is 0 Å². The Hall–Kier alpha value is -0.640. The van der Waals surface area contributed by atoms with E-state index in [1.165, 1.54) is 6.07 Å². The first-order valence-corrected chi connectivity index (χ1v) is 5.87. The van der Waals surface area contributed by atoms with E-state index in [1.54, 1.807) is 12.1 Å². The predicted octanol–water partition coefficient (Wildman–Crippen LogP) is 2.48. The summed E-state index contributed by atoms with van der Waals surface area (Å²) in [6.45, 7) is 0. The van der Waals surface area contributed by atoms with Gasteiger partial charge in [-0.3, -0.25) is 0 Å². The lowest BCUT2D eigenvalue weighted by atomic mass is 9.74. The number of hydrogen-bond donors (Lipinski definition) is 2. The maximum Gasteiger partial charge on any atom is 0.128 e. The van der Waals surface area contributed by atoms with Gasteiger partial charge in [0.15, 0.2) is 0 Å². The molecule has 2 nitrogen and oxygen atoms in total. The average Bonchev–Trinajstić information content (AvgIpc) is 2.21. The van der Waals surface area contributed by atoms with Crippen molar-refractivity contribution in [1.82, 2.24) is 5.32 Å². The van der Waals surface area contributed by atoms with Crippen LogP contribution in [0.15, 0.2) is 18.2 Å². The lowest BCUT2D eigenvalue weighted by Crippen LogP contribution is -2.42. The van der Waals surface area contributed by atoms with Crippen LogP contribution in [-0.4, -0.2) is 13.1 Å². The largest absolute Gasteiger partial charge is 0.328 e. The molecule has 1 aliphatic carbocycles. The zero-order chi connectivity index (χ0) is 11.7. The van der Waals surface area contributed by atoms with Crippen molar-refractivity contribution < 1.29 is 4.39 Å². The van der Waals surface area contributed by atoms with Gasteiger partial charge in [-0.25, -0.2) is 4.39 Å². The number of halogens is 2. The van der Waals surface area contributed by atoms with Crippen molar-refractivity contribution in [3.63, 3.8) is 0 Å². The van der Waals surface area contributed by atoms with E-state index in [-0.39, 0.29) is 17.9 Å². The van der Waals surface area contributed by atoms with E-state index in [2.05, 4.69) is 5.32 Å². The average molecular weight is 243 g/mol. The number of rotatable bonds is 3. The van der Waals surface area contributed by atoms with Crippen LogP contribution in [-0.2, 0) is 0 Å². The van der Waals surface area contributed by atoms with Gasteiger partial charge in [-0.05, 0) is 44.0 Å². The van der Waals surface area contributed by atoms with Crippen LogP contribution in [0.4, 0.5) is 4.39 Å². The van der Waals surface area contributed by atoms with E-state index in [1.807, 2.05) is 7.05 Å². The third kappa shape index (κ3) is 2.21. The van der Waals surface area contributed by atoms with E-state index in [4.69, 9.17) is 17.3 Å². The maximum atomic E-state index is 13.7. The Morgan fingerprint density at radius 2 is 2.19 bits per heavy atom. The molecule has 0 spiro atoms. The van der Waals surface area contributed by atoms with Crippen LogP contribution in [0.5, 0.6) is 0 Å². The molecular formula is C12H16ClFN2. The molecule has 4 heteroatoms. The third-order valence-electron chi connectivity index (χ3n) is 3.29. The number of benzene rings is 1. The Bertz CT molecular complexity index is 377. The van der Waals surface area contributed by atoms with Crippen molar-refractivity contribution in [2.45, 2.75) is 24.9 Å². The first-order valence-electron chi connectivity index (χ1n) is 5.49. The summed E-state index contributed by atoms with van der Waals surface area (Å²) in [5.74, 6) is 0.206. The van der Waals surface area contributed by atoms with Crippen LogP contribution < -0.4 is 11.1 Å². The van der Waals surface area contributed by atoms with Crippen LogP contribution in [0.3, 0.4) is 0 Å². The van der Waals surface area contributed by atoms with Gasteiger partial charge in [0.2, 0.25) is 0 Å². The second-order valence-corrected chi connectivity index (χ2v) is 4.86. The Kier molecular flexibility index (Phi) is 3.47. The normalized spacial score (nSPS) is 26.2. The highest BCUT2D eigenvalue weighted by Gasteiger charge is 2.34. The molecule has 1 unspecified atom stereocenters. The van der Waals surface area contributed by atoms with Crippen LogP contribution in [0, 0.1) is 11.7 Å². The van der Waals surface area contributed by atoms with Gasteiger partial charge in [-0.2, -0.15) is 0 Å². The monoisotopic (exact) mass is 242 g/mol. The Labute approximate surface area is 100.0 Å². The summed E-state index contributed by atoms with van der Waals surface area (Å²) in [6, 6.07) is 4.96. The third-order valence-corrected chi connectivity index (χ3v) is 3.52. The minimum atomic E-state index is -0.204. The van der Waals surface area contributed by atoms with Crippen molar-refractivity contribution in [2.75, 3.05) is 7.05 Å². The highest BCUT2D eigenvalue weighted by Crippen LogP contribution is 2.38. The summed E-state index contributed by atoms with van der Waals surface area (Å²) < 4.78 is 13.7. The van der Waals surface area contributed by atoms with Gasteiger partial charge in [0.25, 0.3) is 0 Å². The standard InChI is InChI=1S/C12H16ClFN2/c1-16-12(7-4-9(15)5-7)10-6-8(13)2-3-11(10)14/h2-3,6-7,9,12,16H,4-5,15H2,1H3. The van der Waals surface area contributed by atoms with Gasteiger partial charge in [0, 0.05) is 22.7 Å². The van der Waals surface area contributed by atoms with Gasteiger partial charge in [0.1, 0.15) is 5.82 Å². The molecule has 0 radical (unpaired) electrons. The lowest BCUT2D eigenvalue weighted by molar-refractivity contribution is 0.201. The van der Waals surface area contributed by atoms with Crippen molar-refractivity contribution in [3.8, 4) is 0 Å². The lowest BCUT2D eigenvalue weighted by Gasteiger charge is -2.38. The molecule has 1 atom stereocenters. The Morgan fingerprint density at radius 1 is 1.50 bits per heavy atom. The van der Waals surface area contributed by atoms with Crippen molar-refractivity contribution in [3.05, 3.63) is 34.6 Å². The predicted molar refractivity (Wildman–Crippen MR) is 63.9 cm³/mol. The summed E-state index contributed by atoms with van der Waals surface area (Å²) in [4.78, 5) is 0. The summed E-state index contributed by atoms with van der Waals surface area (Å²) >= 11 is 5.89. The molecule has 1 fully saturated rings. The second kappa shape index (κ2) is 4.70. The van der Waals surface area contributed by atoms with Gasteiger partial charge in [0.05, 0.1) is 0 Å². The highest BCUT2D eigenvalue weighted by atomic mass is 35.5. The zero-order valence-electron chi connectivity index (χ0n) is 9.21. The fourth-order valence-corrected chi connectivity index (χ4v) is 2.56. The Balaban J connectivity index is 2.22. The van der Waals surface area contributed by atoms with E-state index in [0.717, 1.165) is 12.8 Å². The number of nitrogens with two attached hydrogens (primary N) is 1. The van der Waals surface area contributed by atoms with Crippen LogP contribution in [0.25, 0.3) is 0 Å². The summed E-state index contributed by atoms with van der Waals surface area (Å²) in [5, 5.41) is 3.72. The summed E-state index contributed by atoms with van der Waals surface area (Å²) in [6.07, 6.45) is 1.88. The molecule has 0 saturated heterocycles. The van der Waals surface area contributed by atoms with E-state index in [9.17, 15) is 4.39 Å². The molecule has 1 aromatic carbocycles. The molecular weight excluding hydrogens is 227 g/mol. The molecule has 1 aromatic rings. The number of hydrogen-bond acceptors (Lipinski definition) is 2. The molecule has 1 aliphatic rings. The topological polar surface area (TPSA) is 38.0 Å². The quantitative estimate of drug-likeness (QED) is 0.855. The SMILES string of the molecule is CNC(c1cc(Cl)ccc1F)C1CC(N)C1. The molecule has 2 rings (SSSR count). The minimum absolute atomic E-state index is 0.0125. The second-order valence-electron chi connectivity index (χ2n) is 4.42. The van der Waals surface area contributed by atoms with Crippen LogP contribution >= 0.6 is 11.6 Å². The fraction of sp³-hybridized carbons (Fsp3) is 0.500. The zero-order valence-corrected chi connectivity index (χ0v) is 9.97. The molecule has 88 valence electrons. The van der Waals surface area contributed by atoms with Gasteiger partial charge < -0.3 is 11.1 Å². The summed E-state index contributed by atoms with van der Waals surface area (Å²) in [5.41, 5.74) is 6.41. The van der Waals surface area contributed by atoms with Gasteiger partial charge in [-0.15, -0.1) is 0 Å². The molecule has 0 aromatic heterocycles. The number of nitrogens with one attached hydrogen (secondary N) is 1. The fourth-order valence-electron chi connectivity index (χ4n) is 2.38. The van der Waals surface area contributed by atoms with E-state index in [0.29, 0.717) is 16.5 Å². The Morgan fingerprint density at radius 3 is 2.75 bits per heavy atom. The van der Waals surface area contributed by atoms with E-state index >= 15 is 0 Å². The van der Waals surface area contributed by atoms with Crippen LogP contribution in [0.2, 0.25) is 5.02 Å². The molecule has 3 N–H and O–H groups in total. The van der Waals surface area contributed by atoms with Gasteiger partial charge in [-0.1, -0.05) is 11.6 Å². The van der Waals surface area contributed by atoms with Crippen LogP contribution in [0.1, 0.15) is 24.4 Å². The minimum Gasteiger partial charge on any atom is -0.328 e. The first-order chi connectivity index (χ1) is 7.61. The van der Waals surface area contributed by atoms with Crippen molar-refractivity contribution in [2.24, 2.45) is 11.7 Å². The van der Waals surface area contributed by atoms with Gasteiger partial charge >= 0.3 is 0 Å². The molecule has 1 saturated carbocycles.